The average molecular weight is 168 g/mol. The molecule has 3 nitrogen and oxygen atoms in total. The van der Waals surface area contributed by atoms with Gasteiger partial charge in [0, 0.05) is 5.71 Å². The van der Waals surface area contributed by atoms with Crippen LogP contribution in [0.25, 0.3) is 0 Å². The number of hydrazone groups is 1. The Morgan fingerprint density at radius 2 is 2.25 bits per heavy atom. The van der Waals surface area contributed by atoms with Gasteiger partial charge in [-0.3, -0.25) is 4.79 Å². The quantitative estimate of drug-likeness (QED) is 0.617. The lowest BCUT2D eigenvalue weighted by Gasteiger charge is -2.19. The van der Waals surface area contributed by atoms with Gasteiger partial charge >= 0.3 is 0 Å². The van der Waals surface area contributed by atoms with Crippen LogP contribution in [0, 0.1) is 5.92 Å². The van der Waals surface area contributed by atoms with Crippen molar-refractivity contribution in [2.45, 2.75) is 40.2 Å². The van der Waals surface area contributed by atoms with E-state index in [0.717, 1.165) is 12.1 Å². The van der Waals surface area contributed by atoms with Crippen LogP contribution in [-0.4, -0.2) is 22.7 Å². The summed E-state index contributed by atoms with van der Waals surface area (Å²) in [6.45, 7) is 7.90. The van der Waals surface area contributed by atoms with E-state index in [2.05, 4.69) is 12.0 Å². The molecule has 1 rings (SSSR count). The van der Waals surface area contributed by atoms with E-state index in [1.807, 2.05) is 20.8 Å². The molecule has 1 amide bonds. The van der Waals surface area contributed by atoms with Crippen LogP contribution in [0.3, 0.4) is 0 Å². The Labute approximate surface area is 73.4 Å². The molecule has 3 heteroatoms. The van der Waals surface area contributed by atoms with Crippen molar-refractivity contribution in [1.29, 1.82) is 0 Å². The van der Waals surface area contributed by atoms with Gasteiger partial charge in [0.05, 0.1) is 12.0 Å². The van der Waals surface area contributed by atoms with Crippen molar-refractivity contribution >= 4 is 11.6 Å². The molecular formula is C9H16N2O. The van der Waals surface area contributed by atoms with Gasteiger partial charge in [-0.1, -0.05) is 6.92 Å². The number of carbonyl (C=O) groups is 1. The number of nitrogens with zero attached hydrogens (tertiary/aromatic N) is 2. The van der Waals surface area contributed by atoms with E-state index in [-0.39, 0.29) is 17.9 Å². The Kier molecular flexibility index (Phi) is 2.50. The summed E-state index contributed by atoms with van der Waals surface area (Å²) in [6, 6.07) is 0.234. The monoisotopic (exact) mass is 168 g/mol. The second-order valence-corrected chi connectivity index (χ2v) is 3.40. The zero-order valence-electron chi connectivity index (χ0n) is 8.16. The van der Waals surface area contributed by atoms with E-state index in [9.17, 15) is 4.79 Å². The van der Waals surface area contributed by atoms with Crippen LogP contribution in [0.15, 0.2) is 5.10 Å². The molecule has 2 atom stereocenters. The lowest BCUT2D eigenvalue weighted by molar-refractivity contribution is -0.133. The first-order valence-electron chi connectivity index (χ1n) is 4.46. The molecule has 0 aromatic carbocycles. The Bertz CT molecular complexity index is 223. The molecule has 0 aromatic rings. The molecule has 0 N–H and O–H groups in total. The van der Waals surface area contributed by atoms with E-state index >= 15 is 0 Å². The van der Waals surface area contributed by atoms with E-state index < -0.39 is 0 Å². The molecule has 0 bridgehead atoms. The first kappa shape index (κ1) is 9.23. The molecule has 1 heterocycles. The highest BCUT2D eigenvalue weighted by molar-refractivity contribution is 6.06. The Morgan fingerprint density at radius 3 is 2.58 bits per heavy atom. The number of hydrogen-bond acceptors (Lipinski definition) is 2. The van der Waals surface area contributed by atoms with E-state index in [0.29, 0.717) is 0 Å². The fourth-order valence-electron chi connectivity index (χ4n) is 1.17. The van der Waals surface area contributed by atoms with Crippen LogP contribution in [-0.2, 0) is 4.79 Å². The summed E-state index contributed by atoms with van der Waals surface area (Å²) in [6.07, 6.45) is 0.954. The second-order valence-electron chi connectivity index (χ2n) is 3.40. The summed E-state index contributed by atoms with van der Waals surface area (Å²) >= 11 is 0. The van der Waals surface area contributed by atoms with E-state index in [1.54, 1.807) is 5.01 Å². The second kappa shape index (κ2) is 3.25. The molecule has 12 heavy (non-hydrogen) atoms. The number of rotatable bonds is 2. The fourth-order valence-corrected chi connectivity index (χ4v) is 1.17. The Hall–Kier alpha value is -0.860. The molecule has 2 unspecified atom stereocenters. The molecule has 0 saturated carbocycles. The van der Waals surface area contributed by atoms with Crippen molar-refractivity contribution in [3.8, 4) is 0 Å². The minimum absolute atomic E-state index is 0.0148. The van der Waals surface area contributed by atoms with Gasteiger partial charge in [-0.25, -0.2) is 5.01 Å². The standard InChI is InChI=1S/C9H16N2O/c1-5-6(2)11-9(12)7(3)8(4)10-11/h6-7H,5H2,1-4H3. The molecule has 68 valence electrons. The van der Waals surface area contributed by atoms with Crippen LogP contribution in [0.5, 0.6) is 0 Å². The summed E-state index contributed by atoms with van der Waals surface area (Å²) in [5.74, 6) is 0.126. The lowest BCUT2D eigenvalue weighted by Crippen LogP contribution is -2.32. The predicted octanol–water partition coefficient (Wildman–Crippen LogP) is 1.64. The number of carbonyl (C=O) groups excluding carboxylic acids is 1. The minimum Gasteiger partial charge on any atom is -0.272 e. The Morgan fingerprint density at radius 1 is 1.67 bits per heavy atom. The summed E-state index contributed by atoms with van der Waals surface area (Å²) < 4.78 is 0. The van der Waals surface area contributed by atoms with Crippen LogP contribution in [0.1, 0.15) is 34.1 Å². The smallest absolute Gasteiger partial charge is 0.251 e. The highest BCUT2D eigenvalue weighted by Gasteiger charge is 2.31. The van der Waals surface area contributed by atoms with Crippen molar-refractivity contribution in [2.24, 2.45) is 11.0 Å². The van der Waals surface area contributed by atoms with Gasteiger partial charge in [-0.15, -0.1) is 0 Å². The third-order valence-corrected chi connectivity index (χ3v) is 2.50. The van der Waals surface area contributed by atoms with Gasteiger partial charge in [0.2, 0.25) is 0 Å². The third kappa shape index (κ3) is 1.36. The van der Waals surface area contributed by atoms with Crippen LogP contribution in [0.2, 0.25) is 0 Å². The first-order chi connectivity index (χ1) is 5.57. The van der Waals surface area contributed by atoms with E-state index in [4.69, 9.17) is 0 Å². The normalized spacial score (nSPS) is 26.0. The van der Waals surface area contributed by atoms with Gasteiger partial charge in [-0.05, 0) is 27.2 Å². The summed E-state index contributed by atoms with van der Waals surface area (Å²) in [7, 11) is 0. The van der Waals surface area contributed by atoms with Gasteiger partial charge in [0.25, 0.3) is 5.91 Å². The molecule has 0 fully saturated rings. The SMILES string of the molecule is CCC(C)N1N=C(C)C(C)C1=O. The zero-order valence-corrected chi connectivity index (χ0v) is 8.16. The highest BCUT2D eigenvalue weighted by Crippen LogP contribution is 2.18. The molecule has 0 saturated heterocycles. The zero-order chi connectivity index (χ0) is 9.30. The average Bonchev–Trinajstić information content (AvgIpc) is 2.32. The highest BCUT2D eigenvalue weighted by atomic mass is 16.2. The van der Waals surface area contributed by atoms with Crippen LogP contribution in [0.4, 0.5) is 0 Å². The molecule has 0 spiro atoms. The molecule has 0 aromatic heterocycles. The van der Waals surface area contributed by atoms with Gasteiger partial charge in [-0.2, -0.15) is 5.10 Å². The Balaban J connectivity index is 2.76. The molecule has 1 aliphatic rings. The molecule has 0 aliphatic carbocycles. The first-order valence-corrected chi connectivity index (χ1v) is 4.46. The van der Waals surface area contributed by atoms with Crippen LogP contribution >= 0.6 is 0 Å². The minimum atomic E-state index is -0.0148. The van der Waals surface area contributed by atoms with Gasteiger partial charge < -0.3 is 0 Å². The number of hydrogen-bond donors (Lipinski definition) is 0. The molecular weight excluding hydrogens is 152 g/mol. The van der Waals surface area contributed by atoms with Crippen molar-refractivity contribution in [3.63, 3.8) is 0 Å². The topological polar surface area (TPSA) is 32.7 Å². The maximum absolute atomic E-state index is 11.5. The number of amides is 1. The largest absolute Gasteiger partial charge is 0.272 e. The van der Waals surface area contributed by atoms with E-state index in [1.165, 1.54) is 0 Å². The third-order valence-electron chi connectivity index (χ3n) is 2.50. The summed E-state index contributed by atoms with van der Waals surface area (Å²) in [4.78, 5) is 11.5. The van der Waals surface area contributed by atoms with Crippen LogP contribution < -0.4 is 0 Å². The summed E-state index contributed by atoms with van der Waals surface area (Å²) in [5, 5.41) is 5.83. The van der Waals surface area contributed by atoms with Crippen molar-refractivity contribution in [3.05, 3.63) is 0 Å². The van der Waals surface area contributed by atoms with Gasteiger partial charge in [0.15, 0.2) is 0 Å². The lowest BCUT2D eigenvalue weighted by atomic mass is 10.1. The van der Waals surface area contributed by atoms with Crippen molar-refractivity contribution in [2.75, 3.05) is 0 Å². The van der Waals surface area contributed by atoms with Crippen molar-refractivity contribution < 1.29 is 4.79 Å². The summed E-state index contributed by atoms with van der Waals surface area (Å²) in [5.41, 5.74) is 0.931. The predicted molar refractivity (Wildman–Crippen MR) is 48.9 cm³/mol. The maximum atomic E-state index is 11.5. The molecule has 1 aliphatic heterocycles. The maximum Gasteiger partial charge on any atom is 0.251 e. The van der Waals surface area contributed by atoms with Gasteiger partial charge in [0.1, 0.15) is 0 Å². The van der Waals surface area contributed by atoms with Crippen molar-refractivity contribution in [1.82, 2.24) is 5.01 Å². The molecule has 0 radical (unpaired) electrons. The fraction of sp³-hybridized carbons (Fsp3) is 0.778.